The minimum Gasteiger partial charge on any atom is -0.371 e. The topological polar surface area (TPSA) is 95.0 Å². The number of aromatic nitrogens is 2. The van der Waals surface area contributed by atoms with E-state index in [-0.39, 0.29) is 22.0 Å². The molecule has 5 rings (SSSR count). The highest BCUT2D eigenvalue weighted by Gasteiger charge is 2.33. The van der Waals surface area contributed by atoms with Crippen molar-refractivity contribution in [1.82, 2.24) is 9.36 Å². The molecule has 3 heterocycles. The molecule has 1 aliphatic heterocycles. The van der Waals surface area contributed by atoms with Crippen molar-refractivity contribution in [2.75, 3.05) is 18.0 Å². The summed E-state index contributed by atoms with van der Waals surface area (Å²) >= 11 is 1.28. The third kappa shape index (κ3) is 3.22. The fourth-order valence-electron chi connectivity index (χ4n) is 4.49. The van der Waals surface area contributed by atoms with Crippen molar-refractivity contribution in [3.8, 4) is 11.3 Å². The summed E-state index contributed by atoms with van der Waals surface area (Å²) in [6.07, 6.45) is 3.30. The van der Waals surface area contributed by atoms with Crippen LogP contribution in [0.15, 0.2) is 33.9 Å². The molecule has 6 nitrogen and oxygen atoms in total. The lowest BCUT2D eigenvalue weighted by Gasteiger charge is -2.27. The van der Waals surface area contributed by atoms with Gasteiger partial charge in [-0.25, -0.2) is 0 Å². The van der Waals surface area contributed by atoms with Gasteiger partial charge in [-0.3, -0.25) is 14.0 Å². The number of anilines is 1. The maximum atomic E-state index is 12.6. The smallest absolute Gasteiger partial charge is 0.271 e. The zero-order valence-electron chi connectivity index (χ0n) is 16.7. The summed E-state index contributed by atoms with van der Waals surface area (Å²) in [5, 5.41) is 0.268. The van der Waals surface area contributed by atoms with E-state index in [4.69, 9.17) is 5.73 Å². The number of nitrogens with two attached hydrogens (primary N) is 1. The highest BCUT2D eigenvalue weighted by Crippen LogP contribution is 2.46. The van der Waals surface area contributed by atoms with Crippen LogP contribution in [0.1, 0.15) is 44.6 Å². The van der Waals surface area contributed by atoms with Gasteiger partial charge in [0.2, 0.25) is 0 Å². The summed E-state index contributed by atoms with van der Waals surface area (Å²) in [6, 6.07) is 8.41. The number of hydrogen-bond acceptors (Lipinski definition) is 5. The maximum Gasteiger partial charge on any atom is 0.271 e. The Bertz CT molecular complexity index is 1180. The molecule has 3 aromatic rings. The lowest BCUT2D eigenvalue weighted by molar-refractivity contribution is 0.348. The van der Waals surface area contributed by atoms with E-state index in [2.05, 4.69) is 52.4 Å². The van der Waals surface area contributed by atoms with Crippen LogP contribution in [0, 0.1) is 5.92 Å². The van der Waals surface area contributed by atoms with Crippen LogP contribution in [0.5, 0.6) is 0 Å². The molecule has 0 bridgehead atoms. The average Bonchev–Trinajstić information content (AvgIpc) is 3.23. The normalized spacial score (nSPS) is 20.0. The number of fused-ring (bicyclic) bond motifs is 1. The molecular weight excluding hydrogens is 384 g/mol. The Kier molecular flexibility index (Phi) is 4.22. The van der Waals surface area contributed by atoms with E-state index in [9.17, 15) is 9.59 Å². The number of hydrogen-bond donors (Lipinski definition) is 3. The van der Waals surface area contributed by atoms with Crippen LogP contribution >= 0.6 is 11.5 Å². The molecule has 4 N–H and O–H groups in total. The van der Waals surface area contributed by atoms with Crippen LogP contribution in [0.25, 0.3) is 21.3 Å². The maximum absolute atomic E-state index is 12.6. The molecule has 2 fully saturated rings. The number of benzene rings is 1. The standard InChI is InChI=1S/C22H26N4O2S/c1-22(2,23)14-9-10-26(11-14)15-7-5-13(6-8-15)18-16(12-3-4-12)19-17(20(27)24-18)21(28)25-29-19/h5-8,12,14H,3-4,9-11,23H2,1-2H3,(H,24,27)(H,25,28). The molecule has 152 valence electrons. The summed E-state index contributed by atoms with van der Waals surface area (Å²) < 4.78 is 3.54. The highest BCUT2D eigenvalue weighted by atomic mass is 32.1. The third-order valence-electron chi connectivity index (χ3n) is 6.43. The van der Waals surface area contributed by atoms with E-state index in [1.165, 1.54) is 17.2 Å². The Morgan fingerprint density at radius 1 is 1.10 bits per heavy atom. The third-order valence-corrected chi connectivity index (χ3v) is 7.34. The Balaban J connectivity index is 1.51. The molecule has 1 saturated carbocycles. The van der Waals surface area contributed by atoms with E-state index < -0.39 is 0 Å². The van der Waals surface area contributed by atoms with Crippen molar-refractivity contribution in [2.24, 2.45) is 11.7 Å². The van der Waals surface area contributed by atoms with Gasteiger partial charge in [-0.15, -0.1) is 0 Å². The average molecular weight is 411 g/mol. The molecule has 0 spiro atoms. The van der Waals surface area contributed by atoms with Crippen LogP contribution in [-0.2, 0) is 0 Å². The predicted molar refractivity (Wildman–Crippen MR) is 119 cm³/mol. The van der Waals surface area contributed by atoms with Crippen molar-refractivity contribution in [1.29, 1.82) is 0 Å². The Morgan fingerprint density at radius 3 is 2.45 bits per heavy atom. The molecule has 2 aliphatic rings. The van der Waals surface area contributed by atoms with Crippen molar-refractivity contribution in [3.63, 3.8) is 0 Å². The van der Waals surface area contributed by atoms with Gasteiger partial charge >= 0.3 is 0 Å². The zero-order chi connectivity index (χ0) is 20.3. The number of pyridine rings is 1. The Hall–Kier alpha value is -2.38. The molecule has 1 atom stereocenters. The number of nitrogens with one attached hydrogen (secondary N) is 2. The largest absolute Gasteiger partial charge is 0.371 e. The predicted octanol–water partition coefficient (Wildman–Crippen LogP) is 3.39. The van der Waals surface area contributed by atoms with Gasteiger partial charge in [-0.1, -0.05) is 23.7 Å². The monoisotopic (exact) mass is 410 g/mol. The zero-order valence-corrected chi connectivity index (χ0v) is 17.6. The minimum atomic E-state index is -0.307. The second-order valence-corrected chi connectivity index (χ2v) is 9.87. The van der Waals surface area contributed by atoms with Crippen LogP contribution in [0.2, 0.25) is 0 Å². The fraction of sp³-hybridized carbons (Fsp3) is 0.455. The summed E-state index contributed by atoms with van der Waals surface area (Å²) in [5.41, 5.74) is 9.69. The summed E-state index contributed by atoms with van der Waals surface area (Å²) in [5.74, 6) is 0.903. The summed E-state index contributed by atoms with van der Waals surface area (Å²) in [6.45, 7) is 6.19. The second-order valence-electron chi connectivity index (χ2n) is 9.05. The van der Waals surface area contributed by atoms with Gasteiger partial charge in [0.1, 0.15) is 5.39 Å². The Morgan fingerprint density at radius 2 is 1.83 bits per heavy atom. The first kappa shape index (κ1) is 18.6. The molecule has 0 amide bonds. The summed E-state index contributed by atoms with van der Waals surface area (Å²) in [7, 11) is 0. The van der Waals surface area contributed by atoms with Gasteiger partial charge < -0.3 is 15.6 Å². The Labute approximate surface area is 172 Å². The molecule has 1 saturated heterocycles. The summed E-state index contributed by atoms with van der Waals surface area (Å²) in [4.78, 5) is 30.0. The van der Waals surface area contributed by atoms with Gasteiger partial charge in [-0.05, 0) is 68.2 Å². The second kappa shape index (κ2) is 6.57. The van der Waals surface area contributed by atoms with Crippen LogP contribution in [0.3, 0.4) is 0 Å². The minimum absolute atomic E-state index is 0.166. The first-order valence-corrected chi connectivity index (χ1v) is 11.1. The van der Waals surface area contributed by atoms with Crippen molar-refractivity contribution in [2.45, 2.75) is 44.6 Å². The van der Waals surface area contributed by atoms with Crippen LogP contribution < -0.4 is 21.8 Å². The molecule has 1 aromatic carbocycles. The van der Waals surface area contributed by atoms with Crippen LogP contribution in [-0.4, -0.2) is 28.0 Å². The fourth-order valence-corrected chi connectivity index (χ4v) is 5.45. The highest BCUT2D eigenvalue weighted by molar-refractivity contribution is 7.13. The molecule has 0 radical (unpaired) electrons. The van der Waals surface area contributed by atoms with E-state index in [0.717, 1.165) is 53.9 Å². The number of H-pyrrole nitrogens is 2. The molecular formula is C22H26N4O2S. The van der Waals surface area contributed by atoms with Gasteiger partial charge in [0.15, 0.2) is 0 Å². The van der Waals surface area contributed by atoms with E-state index in [0.29, 0.717) is 11.8 Å². The molecule has 29 heavy (non-hydrogen) atoms. The first-order chi connectivity index (χ1) is 13.8. The number of rotatable bonds is 4. The lowest BCUT2D eigenvalue weighted by Crippen LogP contribution is -2.42. The van der Waals surface area contributed by atoms with Gasteiger partial charge in [0.25, 0.3) is 11.1 Å². The quantitative estimate of drug-likeness (QED) is 0.614. The lowest BCUT2D eigenvalue weighted by atomic mass is 9.88. The van der Waals surface area contributed by atoms with Gasteiger partial charge in [0, 0.05) is 24.3 Å². The molecule has 2 aromatic heterocycles. The van der Waals surface area contributed by atoms with Crippen molar-refractivity contribution < 1.29 is 0 Å². The number of aromatic amines is 2. The van der Waals surface area contributed by atoms with E-state index in [1.807, 2.05) is 0 Å². The SMILES string of the molecule is CC(C)(N)C1CCN(c2ccc(-c3[nH]c(=O)c4c(=O)[nH]sc4c3C3CC3)cc2)C1. The number of nitrogens with zero attached hydrogens (tertiary/aromatic N) is 1. The van der Waals surface area contributed by atoms with Crippen molar-refractivity contribution in [3.05, 3.63) is 50.5 Å². The molecule has 1 unspecified atom stereocenters. The molecule has 1 aliphatic carbocycles. The van der Waals surface area contributed by atoms with Crippen molar-refractivity contribution >= 4 is 27.3 Å². The van der Waals surface area contributed by atoms with E-state index in [1.54, 1.807) is 0 Å². The molecule has 7 heteroatoms. The van der Waals surface area contributed by atoms with Crippen LogP contribution in [0.4, 0.5) is 5.69 Å². The van der Waals surface area contributed by atoms with Gasteiger partial charge in [-0.2, -0.15) is 0 Å². The van der Waals surface area contributed by atoms with E-state index >= 15 is 0 Å². The first-order valence-electron chi connectivity index (χ1n) is 10.2. The van der Waals surface area contributed by atoms with Gasteiger partial charge in [0.05, 0.1) is 10.4 Å².